The lowest BCUT2D eigenvalue weighted by atomic mass is 9.81. The Bertz CT molecular complexity index is 440. The van der Waals surface area contributed by atoms with Crippen LogP contribution in [0.2, 0.25) is 0 Å². The molecule has 0 unspecified atom stereocenters. The summed E-state index contributed by atoms with van der Waals surface area (Å²) < 4.78 is 2.03. The fraction of sp³-hybridized carbons (Fsp3) is 0.625. The van der Waals surface area contributed by atoms with Gasteiger partial charge in [0.1, 0.15) is 0 Å². The van der Waals surface area contributed by atoms with E-state index < -0.39 is 0 Å². The smallest absolute Gasteiger partial charge is 0.0504 e. The summed E-state index contributed by atoms with van der Waals surface area (Å²) in [5.41, 5.74) is 8.08. The van der Waals surface area contributed by atoms with E-state index in [0.29, 0.717) is 0 Å². The molecule has 1 aliphatic rings. The Labute approximate surface area is 139 Å². The van der Waals surface area contributed by atoms with Gasteiger partial charge in [0.15, 0.2) is 0 Å². The molecular formula is C16H24Br2N2. The second-order valence-corrected chi connectivity index (χ2v) is 7.82. The number of hydrogen-bond donors (Lipinski definition) is 2. The first-order chi connectivity index (χ1) is 9.56. The standard InChI is InChI=1S/C16H24Br2N2/c1-11-2-4-12(5-3-11)6-7-20-10-13-8-14(17)9-15(18)16(13)19/h8-9,11-12,20H,2-7,10,19H2,1H3. The Morgan fingerprint density at radius 1 is 1.20 bits per heavy atom. The number of hydrogen-bond acceptors (Lipinski definition) is 2. The minimum Gasteiger partial charge on any atom is -0.398 e. The van der Waals surface area contributed by atoms with Crippen LogP contribution in [-0.2, 0) is 6.54 Å². The van der Waals surface area contributed by atoms with Crippen LogP contribution in [0.25, 0.3) is 0 Å². The highest BCUT2D eigenvalue weighted by Gasteiger charge is 2.17. The normalized spacial score (nSPS) is 22.9. The van der Waals surface area contributed by atoms with Crippen LogP contribution < -0.4 is 11.1 Å². The number of halogens is 2. The Morgan fingerprint density at radius 2 is 1.90 bits per heavy atom. The molecule has 0 atom stereocenters. The van der Waals surface area contributed by atoms with Crippen LogP contribution >= 0.6 is 31.9 Å². The van der Waals surface area contributed by atoms with Crippen LogP contribution in [0.4, 0.5) is 5.69 Å². The minimum absolute atomic E-state index is 0.840. The van der Waals surface area contributed by atoms with Gasteiger partial charge in [0.05, 0.1) is 5.69 Å². The summed E-state index contributed by atoms with van der Waals surface area (Å²) in [4.78, 5) is 0. The molecule has 2 nitrogen and oxygen atoms in total. The average Bonchev–Trinajstić information content (AvgIpc) is 2.42. The van der Waals surface area contributed by atoms with Crippen LogP contribution in [-0.4, -0.2) is 6.54 Å². The molecule has 0 aliphatic heterocycles. The van der Waals surface area contributed by atoms with Gasteiger partial charge in [-0.25, -0.2) is 0 Å². The largest absolute Gasteiger partial charge is 0.398 e. The van der Waals surface area contributed by atoms with Gasteiger partial charge in [-0.05, 0) is 58.4 Å². The highest BCUT2D eigenvalue weighted by molar-refractivity contribution is 9.11. The van der Waals surface area contributed by atoms with Crippen molar-refractivity contribution in [2.75, 3.05) is 12.3 Å². The summed E-state index contributed by atoms with van der Waals surface area (Å²) in [7, 11) is 0. The van der Waals surface area contributed by atoms with Crippen LogP contribution in [0.1, 0.15) is 44.6 Å². The van der Waals surface area contributed by atoms with E-state index in [1.165, 1.54) is 32.1 Å². The van der Waals surface area contributed by atoms with Gasteiger partial charge in [0.2, 0.25) is 0 Å². The summed E-state index contributed by atoms with van der Waals surface area (Å²) >= 11 is 7.00. The minimum atomic E-state index is 0.840. The predicted octanol–water partition coefficient (Wildman–Crippen LogP) is 5.10. The van der Waals surface area contributed by atoms with Gasteiger partial charge in [-0.15, -0.1) is 0 Å². The lowest BCUT2D eigenvalue weighted by Crippen LogP contribution is -2.21. The van der Waals surface area contributed by atoms with E-state index in [2.05, 4.69) is 50.2 Å². The third-order valence-electron chi connectivity index (χ3n) is 4.36. The molecule has 1 aromatic carbocycles. The maximum Gasteiger partial charge on any atom is 0.0504 e. The van der Waals surface area contributed by atoms with Crippen molar-refractivity contribution in [3.05, 3.63) is 26.6 Å². The molecule has 0 aromatic heterocycles. The second kappa shape index (κ2) is 7.81. The molecular weight excluding hydrogens is 380 g/mol. The van der Waals surface area contributed by atoms with Crippen molar-refractivity contribution < 1.29 is 0 Å². The Hall–Kier alpha value is -0.0600. The molecule has 112 valence electrons. The number of nitrogens with one attached hydrogen (secondary N) is 1. The lowest BCUT2D eigenvalue weighted by molar-refractivity contribution is 0.275. The van der Waals surface area contributed by atoms with Gasteiger partial charge < -0.3 is 11.1 Å². The molecule has 1 aromatic rings. The Balaban J connectivity index is 1.73. The highest BCUT2D eigenvalue weighted by atomic mass is 79.9. The van der Waals surface area contributed by atoms with Gasteiger partial charge in [-0.2, -0.15) is 0 Å². The molecule has 1 fully saturated rings. The quantitative estimate of drug-likeness (QED) is 0.530. The summed E-state index contributed by atoms with van der Waals surface area (Å²) in [5.74, 6) is 1.86. The van der Waals surface area contributed by atoms with Crippen molar-refractivity contribution in [1.82, 2.24) is 5.32 Å². The Morgan fingerprint density at radius 3 is 2.60 bits per heavy atom. The van der Waals surface area contributed by atoms with E-state index in [-0.39, 0.29) is 0 Å². The molecule has 4 heteroatoms. The van der Waals surface area contributed by atoms with E-state index in [1.54, 1.807) is 0 Å². The van der Waals surface area contributed by atoms with Crippen molar-refractivity contribution in [3.8, 4) is 0 Å². The van der Waals surface area contributed by atoms with Gasteiger partial charge in [-0.3, -0.25) is 0 Å². The number of nitrogen functional groups attached to an aromatic ring is 1. The molecule has 0 heterocycles. The Kier molecular flexibility index (Phi) is 6.37. The second-order valence-electron chi connectivity index (χ2n) is 6.05. The van der Waals surface area contributed by atoms with Crippen LogP contribution in [0.3, 0.4) is 0 Å². The SMILES string of the molecule is CC1CCC(CCNCc2cc(Br)cc(Br)c2N)CC1. The van der Waals surface area contributed by atoms with Crippen LogP contribution in [0.5, 0.6) is 0 Å². The van der Waals surface area contributed by atoms with E-state index >= 15 is 0 Å². The van der Waals surface area contributed by atoms with Crippen molar-refractivity contribution in [1.29, 1.82) is 0 Å². The molecule has 0 bridgehead atoms. The van der Waals surface area contributed by atoms with Crippen molar-refractivity contribution in [2.45, 2.75) is 45.6 Å². The maximum absolute atomic E-state index is 6.08. The summed E-state index contributed by atoms with van der Waals surface area (Å²) in [6.45, 7) is 4.30. The molecule has 1 aliphatic carbocycles. The van der Waals surface area contributed by atoms with Gasteiger partial charge >= 0.3 is 0 Å². The third-order valence-corrected chi connectivity index (χ3v) is 5.47. The number of nitrogens with two attached hydrogens (primary N) is 1. The van der Waals surface area contributed by atoms with E-state index in [4.69, 9.17) is 5.73 Å². The van der Waals surface area contributed by atoms with Gasteiger partial charge in [0.25, 0.3) is 0 Å². The molecule has 1 saturated carbocycles. The molecule has 20 heavy (non-hydrogen) atoms. The highest BCUT2D eigenvalue weighted by Crippen LogP contribution is 2.30. The van der Waals surface area contributed by atoms with Crippen LogP contribution in [0.15, 0.2) is 21.1 Å². The maximum atomic E-state index is 6.08. The van der Waals surface area contributed by atoms with Gasteiger partial charge in [-0.1, -0.05) is 48.5 Å². The zero-order valence-electron chi connectivity index (χ0n) is 12.1. The predicted molar refractivity (Wildman–Crippen MR) is 93.7 cm³/mol. The van der Waals surface area contributed by atoms with Gasteiger partial charge in [0, 0.05) is 15.5 Å². The van der Waals surface area contributed by atoms with Crippen LogP contribution in [0, 0.1) is 11.8 Å². The molecule has 0 amide bonds. The number of benzene rings is 1. The molecule has 3 N–H and O–H groups in total. The fourth-order valence-corrected chi connectivity index (χ4v) is 4.25. The lowest BCUT2D eigenvalue weighted by Gasteiger charge is -2.26. The van der Waals surface area contributed by atoms with E-state index in [1.807, 2.05) is 6.07 Å². The summed E-state index contributed by atoms with van der Waals surface area (Å²) in [6.07, 6.45) is 6.94. The number of rotatable bonds is 5. The first-order valence-electron chi connectivity index (χ1n) is 7.50. The molecule has 0 spiro atoms. The molecule has 2 rings (SSSR count). The van der Waals surface area contributed by atoms with Crippen molar-refractivity contribution in [2.24, 2.45) is 11.8 Å². The monoisotopic (exact) mass is 402 g/mol. The third kappa shape index (κ3) is 4.74. The zero-order chi connectivity index (χ0) is 14.5. The van der Waals surface area contributed by atoms with Crippen molar-refractivity contribution in [3.63, 3.8) is 0 Å². The summed E-state index contributed by atoms with van der Waals surface area (Å²) in [6, 6.07) is 4.08. The average molecular weight is 404 g/mol. The van der Waals surface area contributed by atoms with E-state index in [9.17, 15) is 0 Å². The summed E-state index contributed by atoms with van der Waals surface area (Å²) in [5, 5.41) is 3.53. The van der Waals surface area contributed by atoms with E-state index in [0.717, 1.165) is 45.1 Å². The zero-order valence-corrected chi connectivity index (χ0v) is 15.3. The first-order valence-corrected chi connectivity index (χ1v) is 9.09. The molecule has 0 radical (unpaired) electrons. The fourth-order valence-electron chi connectivity index (χ4n) is 2.93. The first kappa shape index (κ1) is 16.3. The topological polar surface area (TPSA) is 38.0 Å². The number of anilines is 1. The molecule has 0 saturated heterocycles. The van der Waals surface area contributed by atoms with Crippen molar-refractivity contribution >= 4 is 37.5 Å².